The summed E-state index contributed by atoms with van der Waals surface area (Å²) in [5.41, 5.74) is -2.38. The van der Waals surface area contributed by atoms with Gasteiger partial charge in [0, 0.05) is 10.8 Å². The molecule has 0 atom stereocenters. The van der Waals surface area contributed by atoms with E-state index in [1.807, 2.05) is 13.8 Å². The highest BCUT2D eigenvalue weighted by atomic mass is 16.5. The van der Waals surface area contributed by atoms with Gasteiger partial charge in [-0.15, -0.1) is 0 Å². The van der Waals surface area contributed by atoms with Crippen LogP contribution in [0.5, 0.6) is 0 Å². The second-order valence-corrected chi connectivity index (χ2v) is 6.96. The Morgan fingerprint density at radius 3 is 0.808 bits per heavy atom. The Kier molecular flexibility index (Phi) is 15.7. The standard InChI is InChI=1S/C12H26O5.C5H12O4/c1-3-11(5-13,6-14)9-17-10-12(4-2,7-15)8-16;6-1-5(2-7,3-8)4-9/h13-16H,3-10H2,1-2H3;6-9H,1-4H2. The van der Waals surface area contributed by atoms with Crippen LogP contribution in [0.4, 0.5) is 0 Å². The van der Waals surface area contributed by atoms with E-state index in [1.165, 1.54) is 0 Å². The summed E-state index contributed by atoms with van der Waals surface area (Å²) < 4.78 is 5.47. The molecule has 160 valence electrons. The smallest absolute Gasteiger partial charge is 0.0627 e. The zero-order chi connectivity index (χ0) is 20.7. The zero-order valence-electron chi connectivity index (χ0n) is 16.0. The van der Waals surface area contributed by atoms with Crippen LogP contribution >= 0.6 is 0 Å². The van der Waals surface area contributed by atoms with Gasteiger partial charge in [0.25, 0.3) is 0 Å². The van der Waals surface area contributed by atoms with Gasteiger partial charge in [-0.25, -0.2) is 0 Å². The molecule has 8 N–H and O–H groups in total. The van der Waals surface area contributed by atoms with Crippen molar-refractivity contribution in [3.05, 3.63) is 0 Å². The van der Waals surface area contributed by atoms with Crippen molar-refractivity contribution >= 4 is 0 Å². The molecule has 0 aliphatic rings. The first-order chi connectivity index (χ1) is 12.3. The first kappa shape index (κ1) is 27.9. The van der Waals surface area contributed by atoms with Gasteiger partial charge in [-0.1, -0.05) is 13.8 Å². The van der Waals surface area contributed by atoms with Crippen LogP contribution in [-0.4, -0.2) is 107 Å². The Balaban J connectivity index is 0. The van der Waals surface area contributed by atoms with E-state index in [4.69, 9.17) is 25.2 Å². The third-order valence-electron chi connectivity index (χ3n) is 5.00. The summed E-state index contributed by atoms with van der Waals surface area (Å²) in [7, 11) is 0. The molecule has 0 amide bonds. The van der Waals surface area contributed by atoms with Crippen LogP contribution in [0, 0.1) is 16.2 Å². The van der Waals surface area contributed by atoms with Gasteiger partial charge in [-0.05, 0) is 12.8 Å². The van der Waals surface area contributed by atoms with Crippen LogP contribution in [0.15, 0.2) is 0 Å². The van der Waals surface area contributed by atoms with E-state index in [9.17, 15) is 20.4 Å². The maximum absolute atomic E-state index is 9.24. The topological polar surface area (TPSA) is 171 Å². The fourth-order valence-corrected chi connectivity index (χ4v) is 1.72. The monoisotopic (exact) mass is 386 g/mol. The second kappa shape index (κ2) is 14.7. The van der Waals surface area contributed by atoms with Gasteiger partial charge in [-0.3, -0.25) is 0 Å². The summed E-state index contributed by atoms with van der Waals surface area (Å²) >= 11 is 0. The Hall–Kier alpha value is -0.360. The van der Waals surface area contributed by atoms with Gasteiger partial charge in [0.15, 0.2) is 0 Å². The Labute approximate surface area is 155 Å². The predicted molar refractivity (Wildman–Crippen MR) is 95.4 cm³/mol. The van der Waals surface area contributed by atoms with Gasteiger partial charge in [0.1, 0.15) is 0 Å². The number of ether oxygens (including phenoxy) is 1. The molecule has 0 aliphatic heterocycles. The third kappa shape index (κ3) is 8.55. The number of rotatable bonds is 14. The molecule has 0 radical (unpaired) electrons. The molecule has 9 nitrogen and oxygen atoms in total. The lowest BCUT2D eigenvalue weighted by atomic mass is 9.86. The van der Waals surface area contributed by atoms with Crippen molar-refractivity contribution in [1.82, 2.24) is 0 Å². The molecule has 0 heterocycles. The van der Waals surface area contributed by atoms with Crippen molar-refractivity contribution in [1.29, 1.82) is 0 Å². The van der Waals surface area contributed by atoms with E-state index in [-0.39, 0.29) is 39.6 Å². The van der Waals surface area contributed by atoms with Crippen LogP contribution in [0.3, 0.4) is 0 Å². The largest absolute Gasteiger partial charge is 0.396 e. The van der Waals surface area contributed by atoms with E-state index in [0.717, 1.165) is 0 Å². The molecule has 0 aromatic rings. The molecule has 0 saturated heterocycles. The minimum absolute atomic E-state index is 0.141. The van der Waals surface area contributed by atoms with E-state index in [0.29, 0.717) is 12.8 Å². The van der Waals surface area contributed by atoms with Crippen LogP contribution in [0.2, 0.25) is 0 Å². The molecule has 0 aromatic carbocycles. The minimum Gasteiger partial charge on any atom is -0.396 e. The van der Waals surface area contributed by atoms with Crippen LogP contribution in [0.25, 0.3) is 0 Å². The lowest BCUT2D eigenvalue weighted by Crippen LogP contribution is -2.39. The maximum atomic E-state index is 9.24. The van der Waals surface area contributed by atoms with Gasteiger partial charge in [0.05, 0.1) is 71.5 Å². The number of hydrogen-bond donors (Lipinski definition) is 8. The predicted octanol–water partition coefficient (Wildman–Crippen LogP) is -2.29. The molecule has 0 spiro atoms. The molecule has 0 rings (SSSR count). The van der Waals surface area contributed by atoms with E-state index < -0.39 is 42.7 Å². The van der Waals surface area contributed by atoms with Crippen LogP contribution < -0.4 is 0 Å². The van der Waals surface area contributed by atoms with Crippen molar-refractivity contribution in [3.63, 3.8) is 0 Å². The van der Waals surface area contributed by atoms with Crippen molar-refractivity contribution in [2.45, 2.75) is 26.7 Å². The van der Waals surface area contributed by atoms with Gasteiger partial charge in [-0.2, -0.15) is 0 Å². The fraction of sp³-hybridized carbons (Fsp3) is 1.00. The van der Waals surface area contributed by atoms with Crippen molar-refractivity contribution in [3.8, 4) is 0 Å². The van der Waals surface area contributed by atoms with Gasteiger partial charge in [0.2, 0.25) is 0 Å². The molecule has 0 fully saturated rings. The average molecular weight is 386 g/mol. The van der Waals surface area contributed by atoms with Crippen molar-refractivity contribution in [2.75, 3.05) is 66.1 Å². The van der Waals surface area contributed by atoms with Crippen LogP contribution in [-0.2, 0) is 4.74 Å². The van der Waals surface area contributed by atoms with Gasteiger partial charge >= 0.3 is 0 Å². The molecule has 9 heteroatoms. The maximum Gasteiger partial charge on any atom is 0.0627 e. The normalized spacial score (nSPS) is 12.7. The molecule has 0 saturated carbocycles. The van der Waals surface area contributed by atoms with E-state index in [1.54, 1.807) is 0 Å². The molecular weight excluding hydrogens is 348 g/mol. The molecule has 0 aliphatic carbocycles. The summed E-state index contributed by atoms with van der Waals surface area (Å²) in [5.74, 6) is 0. The highest BCUT2D eigenvalue weighted by Crippen LogP contribution is 2.25. The lowest BCUT2D eigenvalue weighted by molar-refractivity contribution is -0.0781. The van der Waals surface area contributed by atoms with Gasteiger partial charge < -0.3 is 45.6 Å². The average Bonchev–Trinajstić information content (AvgIpc) is 2.72. The number of aliphatic hydroxyl groups excluding tert-OH is 8. The van der Waals surface area contributed by atoms with Crippen LogP contribution in [0.1, 0.15) is 26.7 Å². The summed E-state index contributed by atoms with van der Waals surface area (Å²) in [6.07, 6.45) is 1.22. The highest BCUT2D eigenvalue weighted by molar-refractivity contribution is 4.79. The Morgan fingerprint density at radius 2 is 0.692 bits per heavy atom. The number of aliphatic hydroxyl groups is 8. The van der Waals surface area contributed by atoms with E-state index in [2.05, 4.69) is 0 Å². The molecule has 26 heavy (non-hydrogen) atoms. The molecule has 0 bridgehead atoms. The Bertz CT molecular complexity index is 259. The summed E-state index contributed by atoms with van der Waals surface area (Å²) in [6, 6.07) is 0. The third-order valence-corrected chi connectivity index (χ3v) is 5.00. The SMILES string of the molecule is CCC(CO)(CO)COCC(CC)(CO)CO.OCC(CO)(CO)CO. The summed E-state index contributed by atoms with van der Waals surface area (Å²) in [5, 5.41) is 70.9. The van der Waals surface area contributed by atoms with Crippen molar-refractivity contribution in [2.24, 2.45) is 16.2 Å². The summed E-state index contributed by atoms with van der Waals surface area (Å²) in [4.78, 5) is 0. The molecule has 0 unspecified atom stereocenters. The second-order valence-electron chi connectivity index (χ2n) is 6.96. The highest BCUT2D eigenvalue weighted by Gasteiger charge is 2.31. The van der Waals surface area contributed by atoms with Crippen molar-refractivity contribution < 1.29 is 45.6 Å². The number of hydrogen-bond acceptors (Lipinski definition) is 9. The van der Waals surface area contributed by atoms with E-state index >= 15 is 0 Å². The summed E-state index contributed by atoms with van der Waals surface area (Å²) in [6.45, 7) is 2.00. The first-order valence-electron chi connectivity index (χ1n) is 8.76. The fourth-order valence-electron chi connectivity index (χ4n) is 1.72. The molecular formula is C17H38O9. The Morgan fingerprint density at radius 1 is 0.462 bits per heavy atom. The zero-order valence-corrected chi connectivity index (χ0v) is 16.0. The quantitative estimate of drug-likeness (QED) is 0.164. The lowest BCUT2D eigenvalue weighted by Gasteiger charge is -2.32. The minimum atomic E-state index is -1.11. The molecule has 0 aromatic heterocycles. The first-order valence-corrected chi connectivity index (χ1v) is 8.76.